The van der Waals surface area contributed by atoms with Crippen molar-refractivity contribution in [1.29, 1.82) is 0 Å². The number of rotatable bonds is 6. The zero-order valence-electron chi connectivity index (χ0n) is 14.5. The minimum absolute atomic E-state index is 0.000967. The number of carbonyl (C=O) groups is 3. The van der Waals surface area contributed by atoms with E-state index in [2.05, 4.69) is 5.32 Å². The molecule has 2 aromatic carbocycles. The molecule has 2 rings (SSSR count). The van der Waals surface area contributed by atoms with Gasteiger partial charge in [0.2, 0.25) is 5.91 Å². The van der Waals surface area contributed by atoms with Gasteiger partial charge < -0.3 is 21.1 Å². The molecule has 0 heterocycles. The topological polar surface area (TPSA) is 111 Å². The number of halogens is 3. The van der Waals surface area contributed by atoms with Gasteiger partial charge in [0.05, 0.1) is 11.1 Å². The van der Waals surface area contributed by atoms with Gasteiger partial charge in [-0.05, 0) is 24.3 Å². The number of anilines is 1. The van der Waals surface area contributed by atoms with Crippen LogP contribution in [-0.2, 0) is 9.53 Å². The first-order chi connectivity index (χ1) is 13.1. The van der Waals surface area contributed by atoms with Crippen LogP contribution in [0.3, 0.4) is 0 Å². The number of hydrogen-bond acceptors (Lipinski definition) is 4. The highest BCUT2D eigenvalue weighted by molar-refractivity contribution is 6.06. The molecule has 1 atom stereocenters. The van der Waals surface area contributed by atoms with Crippen LogP contribution in [0.2, 0.25) is 0 Å². The summed E-state index contributed by atoms with van der Waals surface area (Å²) in [4.78, 5) is 35.0. The molecule has 3 amide bonds. The average molecular weight is 395 g/mol. The molecule has 0 saturated carbocycles. The molecule has 0 aliphatic carbocycles. The highest BCUT2D eigenvalue weighted by Gasteiger charge is 2.38. The Morgan fingerprint density at radius 1 is 1.04 bits per heavy atom. The fraction of sp³-hybridized carbons (Fsp3) is 0.167. The van der Waals surface area contributed by atoms with Crippen LogP contribution in [0.25, 0.3) is 0 Å². The number of nitrogens with two attached hydrogens (primary N) is 1. The van der Waals surface area contributed by atoms with Crippen LogP contribution in [0.1, 0.15) is 32.5 Å². The second kappa shape index (κ2) is 8.53. The second-order valence-electron chi connectivity index (χ2n) is 5.58. The summed E-state index contributed by atoms with van der Waals surface area (Å²) in [6.45, 7) is 0. The molecule has 0 spiro atoms. The van der Waals surface area contributed by atoms with Gasteiger partial charge in [0.25, 0.3) is 5.91 Å². The van der Waals surface area contributed by atoms with Crippen LogP contribution in [0.4, 0.5) is 18.9 Å². The first kappa shape index (κ1) is 20.9. The summed E-state index contributed by atoms with van der Waals surface area (Å²) in [6, 6.07) is 11.2. The van der Waals surface area contributed by atoms with E-state index in [4.69, 9.17) is 10.5 Å². The van der Waals surface area contributed by atoms with Gasteiger partial charge in [-0.25, -0.2) is 0 Å². The molecule has 0 aliphatic heterocycles. The molecule has 0 aromatic heterocycles. The van der Waals surface area contributed by atoms with Crippen LogP contribution in [-0.4, -0.2) is 31.0 Å². The van der Waals surface area contributed by atoms with Crippen LogP contribution in [0.15, 0.2) is 48.5 Å². The van der Waals surface area contributed by atoms with Crippen LogP contribution >= 0.6 is 0 Å². The van der Waals surface area contributed by atoms with Crippen molar-refractivity contribution in [1.82, 2.24) is 5.32 Å². The minimum Gasteiger partial charge on any atom is -0.366 e. The molecular weight excluding hydrogens is 379 g/mol. The Morgan fingerprint density at radius 3 is 2.25 bits per heavy atom. The van der Waals surface area contributed by atoms with Crippen LogP contribution in [0, 0.1) is 0 Å². The maximum Gasteiger partial charge on any atom is 0.471 e. The van der Waals surface area contributed by atoms with E-state index < -0.39 is 30.1 Å². The number of hydrogen-bond donors (Lipinski definition) is 3. The third-order valence-electron chi connectivity index (χ3n) is 3.64. The number of benzene rings is 2. The Bertz CT molecular complexity index is 900. The number of methoxy groups -OCH3 is 1. The fourth-order valence-electron chi connectivity index (χ4n) is 2.35. The Labute approximate surface area is 157 Å². The highest BCUT2D eigenvalue weighted by Crippen LogP contribution is 2.22. The lowest BCUT2D eigenvalue weighted by atomic mass is 10.1. The third-order valence-corrected chi connectivity index (χ3v) is 3.64. The third kappa shape index (κ3) is 5.07. The van der Waals surface area contributed by atoms with E-state index >= 15 is 0 Å². The average Bonchev–Trinajstić information content (AvgIpc) is 2.65. The molecule has 0 aliphatic rings. The molecule has 2 aromatic rings. The van der Waals surface area contributed by atoms with Gasteiger partial charge in [-0.15, -0.1) is 0 Å². The maximum absolute atomic E-state index is 12.5. The molecule has 10 heteroatoms. The smallest absolute Gasteiger partial charge is 0.366 e. The van der Waals surface area contributed by atoms with Gasteiger partial charge >= 0.3 is 12.1 Å². The Balaban J connectivity index is 2.22. The van der Waals surface area contributed by atoms with Gasteiger partial charge in [0.15, 0.2) is 6.23 Å². The Kier molecular flexibility index (Phi) is 6.37. The van der Waals surface area contributed by atoms with Crippen molar-refractivity contribution < 1.29 is 32.3 Å². The fourth-order valence-corrected chi connectivity index (χ4v) is 2.35. The van der Waals surface area contributed by atoms with Gasteiger partial charge in [-0.1, -0.05) is 24.3 Å². The van der Waals surface area contributed by atoms with Crippen LogP contribution in [0.5, 0.6) is 0 Å². The quantitative estimate of drug-likeness (QED) is 0.652. The number of primary amides is 1. The van der Waals surface area contributed by atoms with Gasteiger partial charge in [0, 0.05) is 18.4 Å². The zero-order chi connectivity index (χ0) is 20.9. The second-order valence-corrected chi connectivity index (χ2v) is 5.58. The van der Waals surface area contributed by atoms with E-state index in [-0.39, 0.29) is 22.4 Å². The number of carbonyl (C=O) groups excluding carboxylic acids is 3. The predicted molar refractivity (Wildman–Crippen MR) is 93.3 cm³/mol. The zero-order valence-corrected chi connectivity index (χ0v) is 14.5. The monoisotopic (exact) mass is 395 g/mol. The Morgan fingerprint density at radius 2 is 1.68 bits per heavy atom. The number of nitrogens with one attached hydrogen (secondary N) is 2. The molecule has 1 unspecified atom stereocenters. The molecule has 0 radical (unpaired) electrons. The highest BCUT2D eigenvalue weighted by atomic mass is 19.4. The molecular formula is C18H16F3N3O4. The van der Waals surface area contributed by atoms with Crippen molar-refractivity contribution >= 4 is 23.4 Å². The number of amides is 3. The number of ether oxygens (including phenoxy) is 1. The van der Waals surface area contributed by atoms with E-state index in [0.717, 1.165) is 0 Å². The largest absolute Gasteiger partial charge is 0.471 e. The summed E-state index contributed by atoms with van der Waals surface area (Å²) in [5.74, 6) is -3.60. The van der Waals surface area contributed by atoms with Crippen molar-refractivity contribution in [2.24, 2.45) is 5.73 Å². The summed E-state index contributed by atoms with van der Waals surface area (Å²) < 4.78 is 42.3. The molecule has 7 nitrogen and oxygen atoms in total. The van der Waals surface area contributed by atoms with E-state index in [0.29, 0.717) is 0 Å². The van der Waals surface area contributed by atoms with Crippen molar-refractivity contribution in [3.05, 3.63) is 65.2 Å². The summed E-state index contributed by atoms with van der Waals surface area (Å²) in [6.07, 6.45) is -6.10. The van der Waals surface area contributed by atoms with Crippen molar-refractivity contribution in [3.8, 4) is 0 Å². The molecule has 28 heavy (non-hydrogen) atoms. The van der Waals surface area contributed by atoms with E-state index in [9.17, 15) is 27.6 Å². The van der Waals surface area contributed by atoms with Gasteiger partial charge in [-0.3, -0.25) is 14.4 Å². The SMILES string of the molecule is COC(NC(=O)c1ccccc1C(N)=O)c1cccc(NC(=O)C(F)(F)F)c1. The standard InChI is InChI=1S/C18H16F3N3O4/c1-28-16(24-15(26)13-8-3-2-7-12(13)14(22)25)10-5-4-6-11(9-10)23-17(27)18(19,20)21/h2-9,16H,1H3,(H2,22,25)(H,23,27)(H,24,26). The first-order valence-electron chi connectivity index (χ1n) is 7.84. The molecule has 148 valence electrons. The maximum atomic E-state index is 12.5. The lowest BCUT2D eigenvalue weighted by molar-refractivity contribution is -0.167. The lowest BCUT2D eigenvalue weighted by Crippen LogP contribution is -2.32. The minimum atomic E-state index is -5.04. The predicted octanol–water partition coefficient (Wildman–Crippen LogP) is 2.36. The van der Waals surface area contributed by atoms with Crippen LogP contribution < -0.4 is 16.4 Å². The Hall–Kier alpha value is -3.40. The van der Waals surface area contributed by atoms with E-state index in [1.54, 1.807) is 5.32 Å². The molecule has 4 N–H and O–H groups in total. The summed E-state index contributed by atoms with van der Waals surface area (Å²) >= 11 is 0. The molecule has 0 saturated heterocycles. The van der Waals surface area contributed by atoms with Crippen molar-refractivity contribution in [2.75, 3.05) is 12.4 Å². The van der Waals surface area contributed by atoms with Gasteiger partial charge in [0.1, 0.15) is 0 Å². The van der Waals surface area contributed by atoms with Gasteiger partial charge in [-0.2, -0.15) is 13.2 Å². The molecule has 0 fully saturated rings. The summed E-state index contributed by atoms with van der Waals surface area (Å²) in [5, 5.41) is 4.22. The first-order valence-corrected chi connectivity index (χ1v) is 7.84. The lowest BCUT2D eigenvalue weighted by Gasteiger charge is -2.19. The normalized spacial score (nSPS) is 12.1. The van der Waals surface area contributed by atoms with E-state index in [1.807, 2.05) is 0 Å². The summed E-state index contributed by atoms with van der Waals surface area (Å²) in [7, 11) is 1.27. The van der Waals surface area contributed by atoms with Crippen molar-refractivity contribution in [2.45, 2.75) is 12.4 Å². The summed E-state index contributed by atoms with van der Waals surface area (Å²) in [5.41, 5.74) is 5.40. The van der Waals surface area contributed by atoms with E-state index in [1.165, 1.54) is 55.6 Å². The van der Waals surface area contributed by atoms with Crippen molar-refractivity contribution in [3.63, 3.8) is 0 Å². The number of alkyl halides is 3. The molecule has 0 bridgehead atoms.